The molecule has 1 aliphatic rings. The monoisotopic (exact) mass is 438 g/mol. The van der Waals surface area contributed by atoms with Crippen LogP contribution in [0.15, 0.2) is 74.0 Å². The average Bonchev–Trinajstić information content (AvgIpc) is 3.30. The van der Waals surface area contributed by atoms with Crippen molar-refractivity contribution in [3.63, 3.8) is 0 Å². The molecule has 0 bridgehead atoms. The van der Waals surface area contributed by atoms with Gasteiger partial charge >= 0.3 is 0 Å². The molecule has 3 aromatic heterocycles. The van der Waals surface area contributed by atoms with Gasteiger partial charge in [0, 0.05) is 50.5 Å². The fraction of sp³-hybridized carbons (Fsp3) is 0.222. The molecule has 0 saturated heterocycles. The zero-order chi connectivity index (χ0) is 23.2. The van der Waals surface area contributed by atoms with E-state index in [0.29, 0.717) is 0 Å². The van der Waals surface area contributed by atoms with Gasteiger partial charge in [0.05, 0.1) is 23.9 Å². The molecule has 0 amide bonds. The van der Waals surface area contributed by atoms with Gasteiger partial charge in [-0.05, 0) is 54.3 Å². The minimum absolute atomic E-state index is 0.879. The van der Waals surface area contributed by atoms with Crippen molar-refractivity contribution in [2.75, 3.05) is 32.5 Å². The maximum atomic E-state index is 4.40. The number of fused-ring (bicyclic) bond motifs is 1. The topological polar surface area (TPSA) is 58.9 Å². The first-order chi connectivity index (χ1) is 16.1. The predicted octanol–water partition coefficient (Wildman–Crippen LogP) is 5.12. The zero-order valence-electron chi connectivity index (χ0n) is 19.5. The van der Waals surface area contributed by atoms with Crippen LogP contribution in [0.2, 0.25) is 0 Å². The summed E-state index contributed by atoms with van der Waals surface area (Å²) in [6.45, 7) is 5.91. The molecule has 0 saturated carbocycles. The number of likely N-dealkylation sites (N-methyl/N-ethyl adjacent to an activating group) is 1. The second-order valence-electron chi connectivity index (χ2n) is 8.19. The van der Waals surface area contributed by atoms with Crippen LogP contribution in [0.3, 0.4) is 0 Å². The number of aryl methyl sites for hydroxylation is 1. The van der Waals surface area contributed by atoms with Gasteiger partial charge in [0.1, 0.15) is 5.82 Å². The number of aromatic nitrogens is 4. The van der Waals surface area contributed by atoms with Crippen LogP contribution in [0.1, 0.15) is 17.7 Å². The van der Waals surface area contributed by atoms with E-state index >= 15 is 0 Å². The Labute approximate surface area is 195 Å². The number of hydrogen-bond donors (Lipinski definition) is 1. The number of nitrogens with zero attached hydrogens (tertiary/aromatic N) is 5. The fourth-order valence-electron chi connectivity index (χ4n) is 3.83. The molecule has 168 valence electrons. The Balaban J connectivity index is 0.000000160. The number of hydrogen-bond acceptors (Lipinski definition) is 5. The first-order valence-corrected chi connectivity index (χ1v) is 11.1. The van der Waals surface area contributed by atoms with Crippen molar-refractivity contribution in [1.29, 1.82) is 0 Å². The maximum Gasteiger partial charge on any atom is 0.126 e. The first kappa shape index (κ1) is 22.4. The van der Waals surface area contributed by atoms with Crippen molar-refractivity contribution < 1.29 is 0 Å². The lowest BCUT2D eigenvalue weighted by Crippen LogP contribution is -2.23. The van der Waals surface area contributed by atoms with E-state index in [0.717, 1.165) is 53.2 Å². The molecule has 4 aromatic rings. The standard InChI is InChI=1S/C14H14N4.C13H16N2/c1-15-14-6-12-5-10(3-4-11(12)7-17-14)13-8-16-9-18(13)2;1-3-11-4-7-14-13(10-11)12-5-8-15(2)9-6-12/h3-9H,1-2H3,(H,15,17);3-5,7,10H,1,6,8-9H2,2H3. The summed E-state index contributed by atoms with van der Waals surface area (Å²) in [4.78, 5) is 15.2. The Morgan fingerprint density at radius 1 is 1.03 bits per heavy atom. The van der Waals surface area contributed by atoms with Gasteiger partial charge in [0.15, 0.2) is 0 Å². The van der Waals surface area contributed by atoms with E-state index in [1.54, 1.807) is 0 Å². The van der Waals surface area contributed by atoms with Crippen molar-refractivity contribution in [2.24, 2.45) is 7.05 Å². The highest BCUT2D eigenvalue weighted by Gasteiger charge is 2.10. The summed E-state index contributed by atoms with van der Waals surface area (Å²) in [5.41, 5.74) is 5.87. The lowest BCUT2D eigenvalue weighted by Gasteiger charge is -2.21. The van der Waals surface area contributed by atoms with Gasteiger partial charge in [-0.3, -0.25) is 4.98 Å². The van der Waals surface area contributed by atoms with Gasteiger partial charge in [-0.15, -0.1) is 0 Å². The lowest BCUT2D eigenvalue weighted by atomic mass is 10.0. The average molecular weight is 439 g/mol. The van der Waals surface area contributed by atoms with Gasteiger partial charge in [0.25, 0.3) is 0 Å². The first-order valence-electron chi connectivity index (χ1n) is 11.1. The highest BCUT2D eigenvalue weighted by molar-refractivity contribution is 5.88. The summed E-state index contributed by atoms with van der Waals surface area (Å²) >= 11 is 0. The zero-order valence-corrected chi connectivity index (χ0v) is 19.5. The van der Waals surface area contributed by atoms with Crippen LogP contribution in [0.4, 0.5) is 5.82 Å². The number of benzene rings is 1. The smallest absolute Gasteiger partial charge is 0.126 e. The number of nitrogens with one attached hydrogen (secondary N) is 1. The molecule has 0 fully saturated rings. The lowest BCUT2D eigenvalue weighted by molar-refractivity contribution is 0.370. The summed E-state index contributed by atoms with van der Waals surface area (Å²) in [5, 5.41) is 5.37. The Hall–Kier alpha value is -3.77. The third-order valence-electron chi connectivity index (χ3n) is 5.85. The molecule has 0 spiro atoms. The van der Waals surface area contributed by atoms with E-state index in [4.69, 9.17) is 0 Å². The summed E-state index contributed by atoms with van der Waals surface area (Å²) in [5.74, 6) is 0.879. The maximum absolute atomic E-state index is 4.40. The van der Waals surface area contributed by atoms with E-state index in [1.807, 2.05) is 55.7 Å². The van der Waals surface area contributed by atoms with Crippen LogP contribution in [-0.2, 0) is 7.05 Å². The number of rotatable bonds is 4. The highest BCUT2D eigenvalue weighted by Crippen LogP contribution is 2.25. The van der Waals surface area contributed by atoms with Crippen LogP contribution in [0.25, 0.3) is 33.7 Å². The van der Waals surface area contributed by atoms with Gasteiger partial charge in [-0.2, -0.15) is 0 Å². The van der Waals surface area contributed by atoms with E-state index in [2.05, 4.69) is 75.2 Å². The van der Waals surface area contributed by atoms with Crippen molar-refractivity contribution in [3.05, 3.63) is 85.2 Å². The number of imidazole rings is 1. The van der Waals surface area contributed by atoms with Crippen LogP contribution < -0.4 is 5.32 Å². The molecule has 0 atom stereocenters. The van der Waals surface area contributed by atoms with Crippen molar-refractivity contribution in [1.82, 2.24) is 24.4 Å². The number of anilines is 1. The van der Waals surface area contributed by atoms with Crippen molar-refractivity contribution >= 4 is 28.2 Å². The van der Waals surface area contributed by atoms with Gasteiger partial charge in [-0.1, -0.05) is 30.9 Å². The van der Waals surface area contributed by atoms with E-state index in [9.17, 15) is 0 Å². The fourth-order valence-corrected chi connectivity index (χ4v) is 3.83. The summed E-state index contributed by atoms with van der Waals surface area (Å²) in [7, 11) is 6.01. The molecular formula is C27H30N6. The van der Waals surface area contributed by atoms with Crippen LogP contribution >= 0.6 is 0 Å². The minimum Gasteiger partial charge on any atom is -0.373 e. The molecule has 0 radical (unpaired) electrons. The van der Waals surface area contributed by atoms with Gasteiger partial charge in [0.2, 0.25) is 0 Å². The summed E-state index contributed by atoms with van der Waals surface area (Å²) in [6, 6.07) is 12.5. The highest BCUT2D eigenvalue weighted by atomic mass is 15.1. The SMILES string of the molecule is C=Cc1ccnc(C2=CCN(C)CC2)c1.CNc1cc2cc(-c3cncn3C)ccc2cn1. The van der Waals surface area contributed by atoms with Gasteiger partial charge in [-0.25, -0.2) is 9.97 Å². The summed E-state index contributed by atoms with van der Waals surface area (Å²) in [6.07, 6.45) is 12.6. The second kappa shape index (κ2) is 10.2. The molecule has 0 unspecified atom stereocenters. The van der Waals surface area contributed by atoms with E-state index in [1.165, 1.54) is 11.0 Å². The number of pyridine rings is 2. The second-order valence-corrected chi connectivity index (χ2v) is 8.19. The Kier molecular flexibility index (Phi) is 6.95. The van der Waals surface area contributed by atoms with E-state index in [-0.39, 0.29) is 0 Å². The Morgan fingerprint density at radius 3 is 2.61 bits per heavy atom. The third-order valence-corrected chi connectivity index (χ3v) is 5.85. The quantitative estimate of drug-likeness (QED) is 0.479. The molecule has 33 heavy (non-hydrogen) atoms. The molecule has 1 aliphatic heterocycles. The van der Waals surface area contributed by atoms with Crippen LogP contribution in [0.5, 0.6) is 0 Å². The van der Waals surface area contributed by atoms with E-state index < -0.39 is 0 Å². The molecule has 1 aromatic carbocycles. The Morgan fingerprint density at radius 2 is 1.91 bits per heavy atom. The summed E-state index contributed by atoms with van der Waals surface area (Å²) < 4.78 is 2.02. The normalized spacial score (nSPS) is 13.7. The van der Waals surface area contributed by atoms with Crippen LogP contribution in [-0.4, -0.2) is 51.6 Å². The van der Waals surface area contributed by atoms with Crippen LogP contribution in [0, 0.1) is 0 Å². The largest absolute Gasteiger partial charge is 0.373 e. The molecular weight excluding hydrogens is 408 g/mol. The van der Waals surface area contributed by atoms with Crippen molar-refractivity contribution in [2.45, 2.75) is 6.42 Å². The van der Waals surface area contributed by atoms with Gasteiger partial charge < -0.3 is 14.8 Å². The molecule has 4 heterocycles. The Bertz CT molecular complexity index is 1290. The minimum atomic E-state index is 0.879. The molecule has 1 N–H and O–H groups in total. The third kappa shape index (κ3) is 5.35. The predicted molar refractivity (Wildman–Crippen MR) is 138 cm³/mol. The molecule has 0 aliphatic carbocycles. The molecule has 6 nitrogen and oxygen atoms in total. The molecule has 6 heteroatoms. The molecule has 5 rings (SSSR count). The van der Waals surface area contributed by atoms with Crippen molar-refractivity contribution in [3.8, 4) is 11.3 Å².